The first kappa shape index (κ1) is 12.2. The van der Waals surface area contributed by atoms with Crippen LogP contribution >= 0.6 is 0 Å². The second-order valence-electron chi connectivity index (χ2n) is 6.43. The van der Waals surface area contributed by atoms with E-state index in [4.69, 9.17) is 0 Å². The summed E-state index contributed by atoms with van der Waals surface area (Å²) in [6, 6.07) is 5.80. The van der Waals surface area contributed by atoms with Crippen LogP contribution in [0, 0.1) is 0 Å². The van der Waals surface area contributed by atoms with Crippen LogP contribution in [-0.2, 0) is 6.42 Å². The Bertz CT molecular complexity index is 708. The Morgan fingerprint density at radius 1 is 1.30 bits per heavy atom. The molecule has 1 aromatic rings. The summed E-state index contributed by atoms with van der Waals surface area (Å²) in [6.07, 6.45) is 9.88. The van der Waals surface area contributed by atoms with Gasteiger partial charge in [0.1, 0.15) is 13.8 Å². The number of hydrogen-bond donors (Lipinski definition) is 1. The maximum atomic E-state index is 10.6. The highest BCUT2D eigenvalue weighted by molar-refractivity contribution is 7.00. The number of allylic oxidation sites excluding steroid dienone is 5. The zero-order valence-corrected chi connectivity index (χ0v) is 13.2. The van der Waals surface area contributed by atoms with E-state index in [1.54, 1.807) is 0 Å². The van der Waals surface area contributed by atoms with E-state index in [1.807, 2.05) is 0 Å². The summed E-state index contributed by atoms with van der Waals surface area (Å²) in [4.78, 5) is 0. The van der Waals surface area contributed by atoms with E-state index in [-0.39, 0.29) is 0 Å². The molecule has 1 nitrogen and oxygen atoms in total. The van der Waals surface area contributed by atoms with Gasteiger partial charge in [-0.3, -0.25) is 0 Å². The highest BCUT2D eigenvalue weighted by atomic mass is 28.3. The van der Waals surface area contributed by atoms with Crippen LogP contribution < -0.4 is 5.19 Å². The molecule has 0 amide bonds. The molecule has 20 heavy (non-hydrogen) atoms. The molecule has 1 aromatic carbocycles. The number of rotatable bonds is 3. The molecule has 4 rings (SSSR count). The van der Waals surface area contributed by atoms with E-state index in [9.17, 15) is 5.11 Å². The SMILES string of the molecule is CCC[Si]1(C)C2=C(O)c3c(ccc(C4=CC=CC4)c31)C2. The van der Waals surface area contributed by atoms with Gasteiger partial charge in [-0.1, -0.05) is 50.3 Å². The molecule has 2 heteroatoms. The van der Waals surface area contributed by atoms with Gasteiger partial charge in [0, 0.05) is 5.56 Å². The van der Waals surface area contributed by atoms with Gasteiger partial charge in [0.2, 0.25) is 0 Å². The highest BCUT2D eigenvalue weighted by Crippen LogP contribution is 2.46. The summed E-state index contributed by atoms with van der Waals surface area (Å²) < 4.78 is 0. The van der Waals surface area contributed by atoms with Crippen LogP contribution in [0.25, 0.3) is 11.3 Å². The van der Waals surface area contributed by atoms with Crippen molar-refractivity contribution in [1.29, 1.82) is 0 Å². The monoisotopic (exact) mass is 280 g/mol. The van der Waals surface area contributed by atoms with Gasteiger partial charge in [-0.25, -0.2) is 0 Å². The maximum absolute atomic E-state index is 10.6. The van der Waals surface area contributed by atoms with Gasteiger partial charge in [-0.05, 0) is 46.0 Å². The van der Waals surface area contributed by atoms with Gasteiger partial charge < -0.3 is 5.11 Å². The Balaban J connectivity index is 1.97. The van der Waals surface area contributed by atoms with Crippen LogP contribution in [0.1, 0.15) is 36.5 Å². The molecule has 0 fully saturated rings. The minimum absolute atomic E-state index is 0.644. The van der Waals surface area contributed by atoms with Gasteiger partial charge in [-0.2, -0.15) is 0 Å². The zero-order valence-electron chi connectivity index (χ0n) is 12.2. The number of aliphatic hydroxyl groups is 1. The van der Waals surface area contributed by atoms with E-state index in [2.05, 4.69) is 43.8 Å². The molecule has 0 radical (unpaired) electrons. The lowest BCUT2D eigenvalue weighted by Gasteiger charge is -2.32. The summed E-state index contributed by atoms with van der Waals surface area (Å²) >= 11 is 0. The lowest BCUT2D eigenvalue weighted by Crippen LogP contribution is -2.49. The highest BCUT2D eigenvalue weighted by Gasteiger charge is 2.49. The first-order valence-electron chi connectivity index (χ1n) is 7.62. The van der Waals surface area contributed by atoms with Crippen LogP contribution in [-0.4, -0.2) is 13.2 Å². The lowest BCUT2D eigenvalue weighted by molar-refractivity contribution is 0.513. The summed E-state index contributed by atoms with van der Waals surface area (Å²) in [5, 5.41) is 13.5. The van der Waals surface area contributed by atoms with Gasteiger partial charge in [-0.15, -0.1) is 0 Å². The molecule has 102 valence electrons. The van der Waals surface area contributed by atoms with Crippen molar-refractivity contribution in [3.8, 4) is 0 Å². The van der Waals surface area contributed by atoms with Crippen molar-refractivity contribution < 1.29 is 5.11 Å². The minimum Gasteiger partial charge on any atom is -0.508 e. The van der Waals surface area contributed by atoms with Crippen LogP contribution in [0.2, 0.25) is 12.6 Å². The Kier molecular flexibility index (Phi) is 2.43. The van der Waals surface area contributed by atoms with Gasteiger partial charge >= 0.3 is 0 Å². The quantitative estimate of drug-likeness (QED) is 0.826. The fourth-order valence-corrected chi connectivity index (χ4v) is 9.11. The van der Waals surface area contributed by atoms with Crippen molar-refractivity contribution in [2.24, 2.45) is 0 Å². The molecule has 2 bridgehead atoms. The Morgan fingerprint density at radius 3 is 2.85 bits per heavy atom. The van der Waals surface area contributed by atoms with Crippen molar-refractivity contribution in [3.05, 3.63) is 52.2 Å². The fraction of sp³-hybridized carbons (Fsp3) is 0.333. The summed E-state index contributed by atoms with van der Waals surface area (Å²) in [5.41, 5.74) is 5.41. The van der Waals surface area contributed by atoms with Crippen molar-refractivity contribution in [3.63, 3.8) is 0 Å². The predicted molar refractivity (Wildman–Crippen MR) is 87.8 cm³/mol. The van der Waals surface area contributed by atoms with E-state index in [0.717, 1.165) is 12.8 Å². The molecule has 0 saturated heterocycles. The summed E-state index contributed by atoms with van der Waals surface area (Å²) in [6.45, 7) is 4.73. The Morgan fingerprint density at radius 2 is 2.15 bits per heavy atom. The third kappa shape index (κ3) is 1.33. The molecule has 1 unspecified atom stereocenters. The summed E-state index contributed by atoms with van der Waals surface area (Å²) in [7, 11) is -1.65. The number of benzene rings is 1. The van der Waals surface area contributed by atoms with Crippen molar-refractivity contribution in [2.45, 2.75) is 38.8 Å². The third-order valence-corrected chi connectivity index (χ3v) is 10.1. The van der Waals surface area contributed by atoms with E-state index < -0.39 is 8.07 Å². The average molecular weight is 280 g/mol. The van der Waals surface area contributed by atoms with Gasteiger partial charge in [0.15, 0.2) is 0 Å². The second kappa shape index (κ2) is 3.98. The molecule has 0 aromatic heterocycles. The maximum Gasteiger partial charge on any atom is 0.119 e. The molecule has 0 saturated carbocycles. The molecule has 0 spiro atoms. The lowest BCUT2D eigenvalue weighted by atomic mass is 9.99. The van der Waals surface area contributed by atoms with Crippen molar-refractivity contribution in [2.75, 3.05) is 0 Å². The van der Waals surface area contributed by atoms with Gasteiger partial charge in [0.25, 0.3) is 0 Å². The third-order valence-electron chi connectivity index (χ3n) is 5.27. The zero-order chi connectivity index (χ0) is 13.9. The van der Waals surface area contributed by atoms with Crippen LogP contribution in [0.15, 0.2) is 35.6 Å². The molecule has 1 heterocycles. The number of hydrogen-bond acceptors (Lipinski definition) is 1. The normalized spacial score (nSPS) is 25.8. The van der Waals surface area contributed by atoms with Crippen molar-refractivity contribution in [1.82, 2.24) is 0 Å². The first-order valence-corrected chi connectivity index (χ1v) is 10.3. The molecule has 1 N–H and O–H groups in total. The predicted octanol–water partition coefficient (Wildman–Crippen LogP) is 4.10. The molecule has 1 atom stereocenters. The van der Waals surface area contributed by atoms with Crippen LogP contribution in [0.4, 0.5) is 0 Å². The van der Waals surface area contributed by atoms with Crippen LogP contribution in [0.3, 0.4) is 0 Å². The molecule has 2 aliphatic carbocycles. The first-order chi connectivity index (χ1) is 9.66. The van der Waals surface area contributed by atoms with Crippen LogP contribution in [0.5, 0.6) is 0 Å². The van der Waals surface area contributed by atoms with E-state index in [0.29, 0.717) is 5.76 Å². The minimum atomic E-state index is -1.65. The van der Waals surface area contributed by atoms with Gasteiger partial charge in [0.05, 0.1) is 0 Å². The molecular weight excluding hydrogens is 260 g/mol. The largest absolute Gasteiger partial charge is 0.508 e. The standard InChI is InChI=1S/C18H20OSi/c1-3-10-20(2)15-11-13-8-9-14(12-6-4-5-7-12)18(20)16(13)17(15)19/h4-6,8-9,19H,3,7,10-11H2,1-2H3. The smallest absolute Gasteiger partial charge is 0.119 e. The topological polar surface area (TPSA) is 20.2 Å². The molecule has 3 aliphatic rings. The van der Waals surface area contributed by atoms with E-state index in [1.165, 1.54) is 45.1 Å². The summed E-state index contributed by atoms with van der Waals surface area (Å²) in [5.74, 6) is 0.644. The Hall–Kier alpha value is -1.54. The fourth-order valence-electron chi connectivity index (χ4n) is 4.36. The Labute approximate surface area is 121 Å². The number of aliphatic hydroxyl groups excluding tert-OH is 1. The van der Waals surface area contributed by atoms with E-state index >= 15 is 0 Å². The average Bonchev–Trinajstić information content (AvgIpc) is 3.10. The molecule has 1 aliphatic heterocycles. The second-order valence-corrected chi connectivity index (χ2v) is 10.7. The van der Waals surface area contributed by atoms with Crippen molar-refractivity contribution >= 4 is 24.6 Å². The molecular formula is C18H20OSi.